The molecule has 0 saturated heterocycles. The highest BCUT2D eigenvalue weighted by Crippen LogP contribution is 2.39. The van der Waals surface area contributed by atoms with Crippen LogP contribution in [0.1, 0.15) is 30.9 Å². The number of rotatable bonds is 3. The van der Waals surface area contributed by atoms with Crippen LogP contribution in [0.15, 0.2) is 0 Å². The fourth-order valence-corrected chi connectivity index (χ4v) is 1.96. The number of alkyl halides is 2. The Kier molecular flexibility index (Phi) is 2.72. The molecule has 2 rings (SSSR count). The van der Waals surface area contributed by atoms with Crippen LogP contribution in [0, 0.1) is 6.20 Å². The zero-order valence-corrected chi connectivity index (χ0v) is 8.27. The Bertz CT molecular complexity index is 321. The van der Waals surface area contributed by atoms with Crippen LogP contribution in [0.25, 0.3) is 0 Å². The van der Waals surface area contributed by atoms with E-state index in [0.717, 1.165) is 25.0 Å². The Hall–Kier alpha value is -0.640. The van der Waals surface area contributed by atoms with E-state index in [4.69, 9.17) is 11.6 Å². The van der Waals surface area contributed by atoms with Gasteiger partial charge in [0.1, 0.15) is 12.7 Å². The van der Waals surface area contributed by atoms with Gasteiger partial charge in [0.2, 0.25) is 0 Å². The molecule has 77 valence electrons. The van der Waals surface area contributed by atoms with Crippen molar-refractivity contribution in [1.82, 2.24) is 9.78 Å². The van der Waals surface area contributed by atoms with Crippen molar-refractivity contribution in [3.63, 3.8) is 0 Å². The van der Waals surface area contributed by atoms with Crippen LogP contribution >= 0.6 is 11.6 Å². The van der Waals surface area contributed by atoms with Crippen LogP contribution in [0.2, 0.25) is 5.02 Å². The zero-order chi connectivity index (χ0) is 10.1. The SMILES string of the molecule is FC(F)Cn1n[c]c(Cl)c1C1CCC1. The van der Waals surface area contributed by atoms with Crippen LogP contribution in [0.5, 0.6) is 0 Å². The van der Waals surface area contributed by atoms with Gasteiger partial charge in [-0.1, -0.05) is 18.0 Å². The molecule has 5 heteroatoms. The molecule has 1 aliphatic rings. The molecule has 0 atom stereocenters. The third-order valence-corrected chi connectivity index (χ3v) is 2.85. The van der Waals surface area contributed by atoms with Crippen molar-refractivity contribution < 1.29 is 8.78 Å². The molecule has 1 aromatic heterocycles. The van der Waals surface area contributed by atoms with Gasteiger partial charge in [-0.2, -0.15) is 5.10 Å². The monoisotopic (exact) mass is 219 g/mol. The summed E-state index contributed by atoms with van der Waals surface area (Å²) in [6, 6.07) is 0. The summed E-state index contributed by atoms with van der Waals surface area (Å²) in [4.78, 5) is 0. The van der Waals surface area contributed by atoms with Gasteiger partial charge >= 0.3 is 0 Å². The average Bonchev–Trinajstić information content (AvgIpc) is 2.32. The Balaban J connectivity index is 2.21. The molecule has 0 bridgehead atoms. The topological polar surface area (TPSA) is 17.8 Å². The smallest absolute Gasteiger partial charge is 0.257 e. The maximum absolute atomic E-state index is 12.2. The number of aromatic nitrogens is 2. The molecule has 14 heavy (non-hydrogen) atoms. The molecule has 1 saturated carbocycles. The number of hydrogen-bond donors (Lipinski definition) is 0. The number of halogens is 3. The van der Waals surface area contributed by atoms with E-state index in [1.165, 1.54) is 4.68 Å². The van der Waals surface area contributed by atoms with Crippen molar-refractivity contribution in [2.24, 2.45) is 0 Å². The summed E-state index contributed by atoms with van der Waals surface area (Å²) < 4.78 is 25.6. The number of nitrogens with zero attached hydrogens (tertiary/aromatic N) is 2. The molecule has 0 aliphatic heterocycles. The largest absolute Gasteiger partial charge is 0.261 e. The van der Waals surface area contributed by atoms with Gasteiger partial charge in [-0.05, 0) is 12.8 Å². The third-order valence-electron chi connectivity index (χ3n) is 2.57. The Morgan fingerprint density at radius 3 is 2.79 bits per heavy atom. The van der Waals surface area contributed by atoms with Gasteiger partial charge in [0.25, 0.3) is 6.43 Å². The molecule has 1 fully saturated rings. The van der Waals surface area contributed by atoms with Gasteiger partial charge < -0.3 is 0 Å². The minimum Gasteiger partial charge on any atom is -0.261 e. The molecular weight excluding hydrogens is 210 g/mol. The van der Waals surface area contributed by atoms with Crippen LogP contribution in [-0.4, -0.2) is 16.2 Å². The van der Waals surface area contributed by atoms with Crippen LogP contribution < -0.4 is 0 Å². The first kappa shape index (κ1) is 9.90. The first-order valence-corrected chi connectivity index (χ1v) is 4.98. The summed E-state index contributed by atoms with van der Waals surface area (Å²) in [5.74, 6) is 0.306. The van der Waals surface area contributed by atoms with Gasteiger partial charge in [0.05, 0.1) is 10.7 Å². The lowest BCUT2D eigenvalue weighted by Gasteiger charge is -2.26. The predicted molar refractivity (Wildman–Crippen MR) is 48.7 cm³/mol. The van der Waals surface area contributed by atoms with E-state index in [9.17, 15) is 8.78 Å². The molecule has 1 aromatic rings. The summed E-state index contributed by atoms with van der Waals surface area (Å²) in [5.41, 5.74) is 0.734. The van der Waals surface area contributed by atoms with Crippen LogP contribution in [0.3, 0.4) is 0 Å². The van der Waals surface area contributed by atoms with Crippen molar-refractivity contribution in [3.05, 3.63) is 16.9 Å². The molecule has 1 aliphatic carbocycles. The molecule has 1 heterocycles. The van der Waals surface area contributed by atoms with E-state index in [1.807, 2.05) is 0 Å². The third kappa shape index (κ3) is 1.75. The van der Waals surface area contributed by atoms with Crippen molar-refractivity contribution in [2.75, 3.05) is 0 Å². The second kappa shape index (κ2) is 3.85. The fraction of sp³-hybridized carbons (Fsp3) is 0.667. The van der Waals surface area contributed by atoms with Gasteiger partial charge in [-0.25, -0.2) is 8.78 Å². The van der Waals surface area contributed by atoms with Crippen molar-refractivity contribution in [2.45, 2.75) is 38.2 Å². The summed E-state index contributed by atoms with van der Waals surface area (Å²) >= 11 is 5.85. The summed E-state index contributed by atoms with van der Waals surface area (Å²) in [6.07, 6.45) is 3.32. The van der Waals surface area contributed by atoms with Crippen molar-refractivity contribution >= 4 is 11.6 Å². The van der Waals surface area contributed by atoms with Crippen molar-refractivity contribution in [1.29, 1.82) is 0 Å². The van der Waals surface area contributed by atoms with Gasteiger partial charge in [-0.15, -0.1) is 0 Å². The lowest BCUT2D eigenvalue weighted by molar-refractivity contribution is 0.119. The molecule has 2 nitrogen and oxygen atoms in total. The highest BCUT2D eigenvalue weighted by molar-refractivity contribution is 6.31. The van der Waals surface area contributed by atoms with E-state index in [-0.39, 0.29) is 6.54 Å². The molecule has 0 N–H and O–H groups in total. The van der Waals surface area contributed by atoms with E-state index in [1.54, 1.807) is 0 Å². The Morgan fingerprint density at radius 1 is 1.57 bits per heavy atom. The standard InChI is InChI=1S/C9H10ClF2N2/c10-7-4-13-14(5-8(11)12)9(7)6-2-1-3-6/h6,8H,1-3,5H2. The summed E-state index contributed by atoms with van der Waals surface area (Å²) in [7, 11) is 0. The van der Waals surface area contributed by atoms with Crippen LogP contribution in [0.4, 0.5) is 8.78 Å². The molecule has 0 aromatic carbocycles. The van der Waals surface area contributed by atoms with E-state index < -0.39 is 6.43 Å². The quantitative estimate of drug-likeness (QED) is 0.765. The van der Waals surface area contributed by atoms with E-state index in [2.05, 4.69) is 11.3 Å². The van der Waals surface area contributed by atoms with E-state index in [0.29, 0.717) is 10.9 Å². The highest BCUT2D eigenvalue weighted by Gasteiger charge is 2.26. The molecule has 1 radical (unpaired) electrons. The van der Waals surface area contributed by atoms with Crippen LogP contribution in [-0.2, 0) is 6.54 Å². The lowest BCUT2D eigenvalue weighted by Crippen LogP contribution is -2.18. The van der Waals surface area contributed by atoms with Gasteiger partial charge in [0, 0.05) is 5.92 Å². The predicted octanol–water partition coefficient (Wildman–Crippen LogP) is 2.87. The zero-order valence-electron chi connectivity index (χ0n) is 7.51. The first-order chi connectivity index (χ1) is 6.68. The maximum Gasteiger partial charge on any atom is 0.257 e. The number of hydrogen-bond acceptors (Lipinski definition) is 1. The van der Waals surface area contributed by atoms with Gasteiger partial charge in [0.15, 0.2) is 0 Å². The minimum atomic E-state index is -2.39. The highest BCUT2D eigenvalue weighted by atomic mass is 35.5. The Labute approximate surface area is 85.9 Å². The average molecular weight is 220 g/mol. The maximum atomic E-state index is 12.2. The summed E-state index contributed by atoms with van der Waals surface area (Å²) in [5, 5.41) is 4.14. The van der Waals surface area contributed by atoms with E-state index >= 15 is 0 Å². The molecular formula is C9H10ClF2N2. The Morgan fingerprint density at radius 2 is 2.29 bits per heavy atom. The molecule has 0 amide bonds. The first-order valence-electron chi connectivity index (χ1n) is 4.60. The minimum absolute atomic E-state index is 0.306. The second-order valence-corrected chi connectivity index (χ2v) is 3.89. The normalized spacial score (nSPS) is 17.4. The fourth-order valence-electron chi connectivity index (χ4n) is 1.67. The lowest BCUT2D eigenvalue weighted by atomic mass is 9.83. The molecule has 0 unspecified atom stereocenters. The molecule has 0 spiro atoms. The summed E-state index contributed by atoms with van der Waals surface area (Å²) in [6.45, 7) is -0.380. The van der Waals surface area contributed by atoms with Crippen molar-refractivity contribution in [3.8, 4) is 0 Å². The second-order valence-electron chi connectivity index (χ2n) is 3.51. The van der Waals surface area contributed by atoms with Gasteiger partial charge in [-0.3, -0.25) is 4.68 Å².